The third-order valence-electron chi connectivity index (χ3n) is 2.65. The number of methoxy groups -OCH3 is 1. The van der Waals surface area contributed by atoms with Crippen molar-refractivity contribution in [3.8, 4) is 0 Å². The fourth-order valence-electron chi connectivity index (χ4n) is 1.57. The Labute approximate surface area is 103 Å². The predicted octanol–water partition coefficient (Wildman–Crippen LogP) is 3.16. The Hall–Kier alpha value is -0.570. The van der Waals surface area contributed by atoms with Crippen LogP contribution in [0.1, 0.15) is 24.5 Å². The van der Waals surface area contributed by atoms with E-state index in [1.165, 1.54) is 5.56 Å². The lowest BCUT2D eigenvalue weighted by atomic mass is 10.1. The molecular formula is C13H20ClNO. The first-order chi connectivity index (χ1) is 7.67. The van der Waals surface area contributed by atoms with Crippen molar-refractivity contribution in [2.45, 2.75) is 32.9 Å². The van der Waals surface area contributed by atoms with Gasteiger partial charge in [0.05, 0.1) is 6.61 Å². The van der Waals surface area contributed by atoms with E-state index >= 15 is 0 Å². The molecule has 0 aliphatic carbocycles. The molecule has 0 fully saturated rings. The van der Waals surface area contributed by atoms with Gasteiger partial charge >= 0.3 is 0 Å². The van der Waals surface area contributed by atoms with Crippen LogP contribution in [0.3, 0.4) is 0 Å². The minimum absolute atomic E-state index is 0.391. The minimum Gasteiger partial charge on any atom is -0.383 e. The molecule has 1 atom stereocenters. The standard InChI is InChI=1S/C13H20ClNO/c1-4-12(9-16-3)15-8-11-6-5-10(2)7-13(11)14/h5-7,12,15H,4,8-9H2,1-3H3. The third-order valence-corrected chi connectivity index (χ3v) is 3.00. The number of ether oxygens (including phenoxy) is 1. The summed E-state index contributed by atoms with van der Waals surface area (Å²) in [5.74, 6) is 0. The molecule has 0 aliphatic rings. The zero-order chi connectivity index (χ0) is 12.0. The van der Waals surface area contributed by atoms with Gasteiger partial charge in [0.2, 0.25) is 0 Å². The third kappa shape index (κ3) is 4.12. The highest BCUT2D eigenvalue weighted by molar-refractivity contribution is 6.31. The summed E-state index contributed by atoms with van der Waals surface area (Å²) in [5, 5.41) is 4.27. The fourth-order valence-corrected chi connectivity index (χ4v) is 1.87. The van der Waals surface area contributed by atoms with Gasteiger partial charge in [0.15, 0.2) is 0 Å². The van der Waals surface area contributed by atoms with Gasteiger partial charge in [-0.1, -0.05) is 30.7 Å². The molecule has 0 aliphatic heterocycles. The maximum absolute atomic E-state index is 6.16. The van der Waals surface area contributed by atoms with Crippen molar-refractivity contribution in [1.29, 1.82) is 0 Å². The van der Waals surface area contributed by atoms with Crippen LogP contribution >= 0.6 is 11.6 Å². The van der Waals surface area contributed by atoms with Crippen LogP contribution in [0, 0.1) is 6.92 Å². The van der Waals surface area contributed by atoms with Gasteiger partial charge in [0.25, 0.3) is 0 Å². The van der Waals surface area contributed by atoms with E-state index in [1.807, 2.05) is 13.0 Å². The highest BCUT2D eigenvalue weighted by atomic mass is 35.5. The Morgan fingerprint density at radius 2 is 2.19 bits per heavy atom. The molecule has 0 spiro atoms. The van der Waals surface area contributed by atoms with E-state index in [4.69, 9.17) is 16.3 Å². The summed E-state index contributed by atoms with van der Waals surface area (Å²) < 4.78 is 5.14. The molecule has 1 rings (SSSR count). The van der Waals surface area contributed by atoms with Crippen LogP contribution in [0.4, 0.5) is 0 Å². The first-order valence-corrected chi connectivity index (χ1v) is 6.02. The molecule has 0 bridgehead atoms. The van der Waals surface area contributed by atoms with Crippen molar-refractivity contribution in [2.75, 3.05) is 13.7 Å². The summed E-state index contributed by atoms with van der Waals surface area (Å²) in [7, 11) is 1.73. The Bertz CT molecular complexity index is 328. The number of benzene rings is 1. The van der Waals surface area contributed by atoms with Crippen LogP contribution in [-0.4, -0.2) is 19.8 Å². The second kappa shape index (κ2) is 6.89. The summed E-state index contributed by atoms with van der Waals surface area (Å²) in [5.41, 5.74) is 2.33. The number of nitrogens with one attached hydrogen (secondary N) is 1. The fraction of sp³-hybridized carbons (Fsp3) is 0.538. The minimum atomic E-state index is 0.391. The molecule has 1 unspecified atom stereocenters. The van der Waals surface area contributed by atoms with Gasteiger partial charge in [-0.15, -0.1) is 0 Å². The molecule has 0 amide bonds. The van der Waals surface area contributed by atoms with E-state index in [2.05, 4.69) is 24.4 Å². The Morgan fingerprint density at radius 1 is 1.44 bits per heavy atom. The van der Waals surface area contributed by atoms with E-state index in [0.717, 1.165) is 30.2 Å². The summed E-state index contributed by atoms with van der Waals surface area (Å²) in [6.45, 7) is 5.72. The molecule has 90 valence electrons. The normalized spacial score (nSPS) is 12.8. The maximum Gasteiger partial charge on any atom is 0.0615 e. The van der Waals surface area contributed by atoms with Crippen LogP contribution in [0.5, 0.6) is 0 Å². The molecule has 16 heavy (non-hydrogen) atoms. The van der Waals surface area contributed by atoms with E-state index in [9.17, 15) is 0 Å². The number of rotatable bonds is 6. The maximum atomic E-state index is 6.16. The van der Waals surface area contributed by atoms with Gasteiger partial charge in [0, 0.05) is 24.7 Å². The average molecular weight is 242 g/mol. The molecule has 0 saturated carbocycles. The first kappa shape index (κ1) is 13.5. The average Bonchev–Trinajstić information content (AvgIpc) is 2.26. The van der Waals surface area contributed by atoms with E-state index in [-0.39, 0.29) is 0 Å². The van der Waals surface area contributed by atoms with E-state index in [1.54, 1.807) is 7.11 Å². The monoisotopic (exact) mass is 241 g/mol. The SMILES string of the molecule is CCC(COC)NCc1ccc(C)cc1Cl. The molecule has 2 nitrogen and oxygen atoms in total. The van der Waals surface area contributed by atoms with Crippen LogP contribution in [0.2, 0.25) is 5.02 Å². The van der Waals surface area contributed by atoms with Crippen LogP contribution in [-0.2, 0) is 11.3 Å². The second-order valence-electron chi connectivity index (χ2n) is 4.04. The lowest BCUT2D eigenvalue weighted by molar-refractivity contribution is 0.164. The molecule has 1 aromatic rings. The Kier molecular flexibility index (Phi) is 5.81. The van der Waals surface area contributed by atoms with Crippen molar-refractivity contribution < 1.29 is 4.74 Å². The van der Waals surface area contributed by atoms with Crippen LogP contribution in [0.25, 0.3) is 0 Å². The van der Waals surface area contributed by atoms with Crippen molar-refractivity contribution in [3.05, 3.63) is 34.3 Å². The molecule has 1 N–H and O–H groups in total. The van der Waals surface area contributed by atoms with Crippen molar-refractivity contribution >= 4 is 11.6 Å². The van der Waals surface area contributed by atoms with E-state index in [0.29, 0.717) is 6.04 Å². The largest absolute Gasteiger partial charge is 0.383 e. The molecular weight excluding hydrogens is 222 g/mol. The Balaban J connectivity index is 2.53. The zero-order valence-corrected chi connectivity index (χ0v) is 11.0. The van der Waals surface area contributed by atoms with Gasteiger partial charge in [-0.2, -0.15) is 0 Å². The number of halogens is 1. The molecule has 3 heteroatoms. The van der Waals surface area contributed by atoms with Crippen LogP contribution in [0.15, 0.2) is 18.2 Å². The molecule has 0 aromatic heterocycles. The summed E-state index contributed by atoms with van der Waals surface area (Å²) >= 11 is 6.16. The number of aryl methyl sites for hydroxylation is 1. The quantitative estimate of drug-likeness (QED) is 0.826. The smallest absolute Gasteiger partial charge is 0.0615 e. The van der Waals surface area contributed by atoms with E-state index < -0.39 is 0 Å². The topological polar surface area (TPSA) is 21.3 Å². The highest BCUT2D eigenvalue weighted by Gasteiger charge is 2.06. The Morgan fingerprint density at radius 3 is 2.75 bits per heavy atom. The van der Waals surface area contributed by atoms with Gasteiger partial charge < -0.3 is 10.1 Å². The molecule has 1 aromatic carbocycles. The summed E-state index contributed by atoms with van der Waals surface area (Å²) in [4.78, 5) is 0. The molecule has 0 saturated heterocycles. The lowest BCUT2D eigenvalue weighted by Gasteiger charge is -2.16. The van der Waals surface area contributed by atoms with Gasteiger partial charge in [-0.05, 0) is 30.5 Å². The summed E-state index contributed by atoms with van der Waals surface area (Å²) in [6, 6.07) is 6.54. The summed E-state index contributed by atoms with van der Waals surface area (Å²) in [6.07, 6.45) is 1.05. The highest BCUT2D eigenvalue weighted by Crippen LogP contribution is 2.17. The van der Waals surface area contributed by atoms with Crippen LogP contribution < -0.4 is 5.32 Å². The van der Waals surface area contributed by atoms with Crippen molar-refractivity contribution in [2.24, 2.45) is 0 Å². The first-order valence-electron chi connectivity index (χ1n) is 5.64. The zero-order valence-electron chi connectivity index (χ0n) is 10.2. The molecule has 0 radical (unpaired) electrons. The van der Waals surface area contributed by atoms with Gasteiger partial charge in [-0.25, -0.2) is 0 Å². The predicted molar refractivity (Wildman–Crippen MR) is 69.0 cm³/mol. The van der Waals surface area contributed by atoms with Gasteiger partial charge in [-0.3, -0.25) is 0 Å². The molecule has 0 heterocycles. The lowest BCUT2D eigenvalue weighted by Crippen LogP contribution is -2.32. The van der Waals surface area contributed by atoms with Crippen molar-refractivity contribution in [1.82, 2.24) is 5.32 Å². The number of hydrogen-bond donors (Lipinski definition) is 1. The van der Waals surface area contributed by atoms with Crippen molar-refractivity contribution in [3.63, 3.8) is 0 Å². The second-order valence-corrected chi connectivity index (χ2v) is 4.44. The number of hydrogen-bond acceptors (Lipinski definition) is 2. The van der Waals surface area contributed by atoms with Gasteiger partial charge in [0.1, 0.15) is 0 Å².